The molecule has 2 aromatic heterocycles. The third-order valence-electron chi connectivity index (χ3n) is 2.18. The lowest BCUT2D eigenvalue weighted by molar-refractivity contribution is 0.0952. The second-order valence-corrected chi connectivity index (χ2v) is 5.41. The van der Waals surface area contributed by atoms with Gasteiger partial charge in [-0.2, -0.15) is 11.3 Å². The monoisotopic (exact) mass is 276 g/mol. The maximum absolute atomic E-state index is 11.7. The molecule has 0 unspecified atom stereocenters. The highest BCUT2D eigenvalue weighted by Gasteiger charge is 2.05. The molecule has 0 fully saturated rings. The number of carbonyl (C=O) groups excluding carboxylic acids is 1. The van der Waals surface area contributed by atoms with E-state index in [4.69, 9.17) is 5.73 Å². The van der Waals surface area contributed by atoms with E-state index in [1.165, 1.54) is 11.3 Å². The van der Waals surface area contributed by atoms with Gasteiger partial charge in [0.25, 0.3) is 5.91 Å². The summed E-state index contributed by atoms with van der Waals surface area (Å²) in [6, 6.07) is 5.73. The maximum Gasteiger partial charge on any atom is 0.252 e. The van der Waals surface area contributed by atoms with Gasteiger partial charge in [-0.3, -0.25) is 4.79 Å². The molecule has 3 N–H and O–H groups in total. The SMILES string of the molecule is NCC#Cc1ccc(CNC(=O)c2ccsc2)s1. The Morgan fingerprint density at radius 3 is 3.00 bits per heavy atom. The number of amides is 1. The van der Waals surface area contributed by atoms with Crippen LogP contribution in [0.5, 0.6) is 0 Å². The Morgan fingerprint density at radius 2 is 2.28 bits per heavy atom. The molecule has 0 atom stereocenters. The lowest BCUT2D eigenvalue weighted by atomic mass is 10.3. The van der Waals surface area contributed by atoms with Crippen LogP contribution in [0.25, 0.3) is 0 Å². The second-order valence-electron chi connectivity index (χ2n) is 3.47. The summed E-state index contributed by atoms with van der Waals surface area (Å²) in [5.74, 6) is 5.74. The molecule has 18 heavy (non-hydrogen) atoms. The van der Waals surface area contributed by atoms with E-state index in [2.05, 4.69) is 17.2 Å². The van der Waals surface area contributed by atoms with Crippen LogP contribution >= 0.6 is 22.7 Å². The number of rotatable bonds is 3. The Kier molecular flexibility index (Phi) is 4.53. The van der Waals surface area contributed by atoms with Crippen LogP contribution in [-0.2, 0) is 6.54 Å². The third kappa shape index (κ3) is 3.44. The first-order valence-corrected chi connectivity index (χ1v) is 7.13. The number of thiophene rings is 2. The molecule has 0 aliphatic heterocycles. The molecule has 0 spiro atoms. The molecule has 0 aromatic carbocycles. The van der Waals surface area contributed by atoms with Gasteiger partial charge in [0.2, 0.25) is 0 Å². The van der Waals surface area contributed by atoms with E-state index in [9.17, 15) is 4.79 Å². The summed E-state index contributed by atoms with van der Waals surface area (Å²) in [7, 11) is 0. The van der Waals surface area contributed by atoms with Gasteiger partial charge in [-0.05, 0) is 23.6 Å². The van der Waals surface area contributed by atoms with Crippen molar-refractivity contribution in [2.45, 2.75) is 6.54 Å². The minimum Gasteiger partial charge on any atom is -0.347 e. The minimum absolute atomic E-state index is 0.0424. The highest BCUT2D eigenvalue weighted by molar-refractivity contribution is 7.12. The molecule has 0 aliphatic carbocycles. The molecule has 0 saturated heterocycles. The van der Waals surface area contributed by atoms with Crippen LogP contribution in [0.4, 0.5) is 0 Å². The van der Waals surface area contributed by atoms with Gasteiger partial charge in [0.1, 0.15) is 0 Å². The van der Waals surface area contributed by atoms with Gasteiger partial charge in [0.05, 0.1) is 18.0 Å². The van der Waals surface area contributed by atoms with Crippen molar-refractivity contribution in [1.29, 1.82) is 0 Å². The van der Waals surface area contributed by atoms with Gasteiger partial charge in [-0.1, -0.05) is 11.8 Å². The molecular formula is C13H12N2OS2. The van der Waals surface area contributed by atoms with Crippen molar-refractivity contribution in [3.05, 3.63) is 44.3 Å². The van der Waals surface area contributed by atoms with Crippen molar-refractivity contribution in [3.63, 3.8) is 0 Å². The van der Waals surface area contributed by atoms with Gasteiger partial charge in [0.15, 0.2) is 0 Å². The average molecular weight is 276 g/mol. The first kappa shape index (κ1) is 12.8. The largest absolute Gasteiger partial charge is 0.347 e. The van der Waals surface area contributed by atoms with E-state index < -0.39 is 0 Å². The summed E-state index contributed by atoms with van der Waals surface area (Å²) in [5, 5.41) is 6.60. The van der Waals surface area contributed by atoms with Crippen LogP contribution in [0.1, 0.15) is 20.1 Å². The Labute approximate surface area is 114 Å². The molecule has 2 rings (SSSR count). The summed E-state index contributed by atoms with van der Waals surface area (Å²) in [4.78, 5) is 13.8. The summed E-state index contributed by atoms with van der Waals surface area (Å²) in [6.07, 6.45) is 0. The summed E-state index contributed by atoms with van der Waals surface area (Å²) < 4.78 is 0. The standard InChI is InChI=1S/C13H12N2OS2/c14-6-1-2-11-3-4-12(18-11)8-15-13(16)10-5-7-17-9-10/h3-5,7,9H,6,8,14H2,(H,15,16). The van der Waals surface area contributed by atoms with E-state index in [1.54, 1.807) is 11.3 Å². The molecule has 0 saturated carbocycles. The van der Waals surface area contributed by atoms with Gasteiger partial charge in [-0.25, -0.2) is 0 Å². The molecule has 92 valence electrons. The zero-order valence-electron chi connectivity index (χ0n) is 9.60. The number of carbonyl (C=O) groups is 1. The maximum atomic E-state index is 11.7. The minimum atomic E-state index is -0.0424. The average Bonchev–Trinajstić information content (AvgIpc) is 3.04. The predicted octanol–water partition coefficient (Wildman–Crippen LogP) is 2.05. The molecule has 0 aliphatic rings. The van der Waals surface area contributed by atoms with Crippen LogP contribution < -0.4 is 11.1 Å². The molecule has 2 aromatic rings. The Morgan fingerprint density at radius 1 is 1.39 bits per heavy atom. The van der Waals surface area contributed by atoms with Crippen molar-refractivity contribution in [2.75, 3.05) is 6.54 Å². The van der Waals surface area contributed by atoms with E-state index in [1.807, 2.05) is 29.0 Å². The van der Waals surface area contributed by atoms with Crippen LogP contribution in [0.3, 0.4) is 0 Å². The lowest BCUT2D eigenvalue weighted by Crippen LogP contribution is -2.21. The van der Waals surface area contributed by atoms with Crippen LogP contribution in [-0.4, -0.2) is 12.5 Å². The van der Waals surface area contributed by atoms with Crippen molar-refractivity contribution in [1.82, 2.24) is 5.32 Å². The van der Waals surface area contributed by atoms with E-state index in [0.29, 0.717) is 18.7 Å². The van der Waals surface area contributed by atoms with Crippen LogP contribution in [0, 0.1) is 11.8 Å². The van der Waals surface area contributed by atoms with Gasteiger partial charge in [-0.15, -0.1) is 11.3 Å². The van der Waals surface area contributed by atoms with Gasteiger partial charge < -0.3 is 11.1 Å². The Balaban J connectivity index is 1.90. The predicted molar refractivity (Wildman–Crippen MR) is 75.7 cm³/mol. The van der Waals surface area contributed by atoms with Crippen molar-refractivity contribution in [3.8, 4) is 11.8 Å². The molecular weight excluding hydrogens is 264 g/mol. The Bertz CT molecular complexity index is 576. The zero-order chi connectivity index (χ0) is 12.8. The van der Waals surface area contributed by atoms with E-state index in [0.717, 1.165) is 9.75 Å². The van der Waals surface area contributed by atoms with Crippen molar-refractivity contribution in [2.24, 2.45) is 5.73 Å². The zero-order valence-corrected chi connectivity index (χ0v) is 11.2. The smallest absolute Gasteiger partial charge is 0.252 e. The van der Waals surface area contributed by atoms with E-state index >= 15 is 0 Å². The fraction of sp³-hybridized carbons (Fsp3) is 0.154. The van der Waals surface area contributed by atoms with Gasteiger partial charge >= 0.3 is 0 Å². The topological polar surface area (TPSA) is 55.1 Å². The fourth-order valence-corrected chi connectivity index (χ4v) is 2.80. The number of nitrogens with two attached hydrogens (primary N) is 1. The Hall–Kier alpha value is -1.61. The molecule has 2 heterocycles. The first-order valence-electron chi connectivity index (χ1n) is 5.37. The first-order chi connectivity index (χ1) is 8.79. The highest BCUT2D eigenvalue weighted by atomic mass is 32.1. The highest BCUT2D eigenvalue weighted by Crippen LogP contribution is 2.15. The fourth-order valence-electron chi connectivity index (χ4n) is 1.34. The number of hydrogen-bond acceptors (Lipinski definition) is 4. The van der Waals surface area contributed by atoms with Crippen molar-refractivity contribution >= 4 is 28.6 Å². The number of hydrogen-bond donors (Lipinski definition) is 2. The molecule has 3 nitrogen and oxygen atoms in total. The summed E-state index contributed by atoms with van der Waals surface area (Å²) in [5.41, 5.74) is 6.02. The summed E-state index contributed by atoms with van der Waals surface area (Å²) >= 11 is 3.09. The van der Waals surface area contributed by atoms with E-state index in [-0.39, 0.29) is 5.91 Å². The lowest BCUT2D eigenvalue weighted by Gasteiger charge is -2.00. The number of nitrogens with one attached hydrogen (secondary N) is 1. The summed E-state index contributed by atoms with van der Waals surface area (Å²) in [6.45, 7) is 0.895. The molecule has 1 amide bonds. The molecule has 0 radical (unpaired) electrons. The van der Waals surface area contributed by atoms with Crippen molar-refractivity contribution < 1.29 is 4.79 Å². The second kappa shape index (κ2) is 6.36. The normalized spacial score (nSPS) is 9.61. The molecule has 5 heteroatoms. The van der Waals surface area contributed by atoms with Crippen LogP contribution in [0.15, 0.2) is 29.0 Å². The quantitative estimate of drug-likeness (QED) is 0.843. The third-order valence-corrected chi connectivity index (χ3v) is 3.87. The molecule has 0 bridgehead atoms. The van der Waals surface area contributed by atoms with Crippen LogP contribution in [0.2, 0.25) is 0 Å². The van der Waals surface area contributed by atoms with Gasteiger partial charge in [0, 0.05) is 15.8 Å².